The molecule has 100 valence electrons. The Bertz CT molecular complexity index is 379. The van der Waals surface area contributed by atoms with Crippen molar-refractivity contribution >= 4 is 0 Å². The van der Waals surface area contributed by atoms with Gasteiger partial charge < -0.3 is 10.1 Å². The first-order valence-electron chi connectivity index (χ1n) is 6.86. The lowest BCUT2D eigenvalue weighted by atomic mass is 9.97. The molecule has 2 unspecified atom stereocenters. The summed E-state index contributed by atoms with van der Waals surface area (Å²) in [6.45, 7) is 5.65. The summed E-state index contributed by atoms with van der Waals surface area (Å²) < 4.78 is 19.3. The number of halogens is 1. The molecule has 2 atom stereocenters. The van der Waals surface area contributed by atoms with Crippen molar-refractivity contribution in [2.75, 3.05) is 13.2 Å². The molecule has 0 spiro atoms. The van der Waals surface area contributed by atoms with Crippen LogP contribution in [0.4, 0.5) is 4.39 Å². The van der Waals surface area contributed by atoms with Gasteiger partial charge in [-0.15, -0.1) is 0 Å². The van der Waals surface area contributed by atoms with E-state index in [2.05, 4.69) is 12.2 Å². The Balaban J connectivity index is 2.19. The normalized spacial score (nSPS) is 18.6. The number of rotatable bonds is 7. The van der Waals surface area contributed by atoms with Gasteiger partial charge in [0.05, 0.1) is 12.1 Å². The molecule has 0 bridgehead atoms. The lowest BCUT2D eigenvalue weighted by molar-refractivity contribution is 0.0189. The van der Waals surface area contributed by atoms with Crippen LogP contribution in [-0.4, -0.2) is 19.3 Å². The fourth-order valence-electron chi connectivity index (χ4n) is 2.47. The highest BCUT2D eigenvalue weighted by atomic mass is 19.1. The van der Waals surface area contributed by atoms with Crippen LogP contribution in [0.2, 0.25) is 0 Å². The Morgan fingerprint density at radius 2 is 2.17 bits per heavy atom. The molecule has 1 saturated carbocycles. The molecular formula is C15H22FNO. The first-order valence-corrected chi connectivity index (χ1v) is 6.86. The van der Waals surface area contributed by atoms with Gasteiger partial charge in [0.1, 0.15) is 5.82 Å². The van der Waals surface area contributed by atoms with Crippen molar-refractivity contribution in [2.24, 2.45) is 5.92 Å². The fourth-order valence-corrected chi connectivity index (χ4v) is 2.47. The van der Waals surface area contributed by atoms with E-state index in [0.29, 0.717) is 12.5 Å². The topological polar surface area (TPSA) is 21.3 Å². The van der Waals surface area contributed by atoms with Gasteiger partial charge in [-0.3, -0.25) is 0 Å². The van der Waals surface area contributed by atoms with Crippen LogP contribution in [0.5, 0.6) is 0 Å². The second kappa shape index (κ2) is 6.30. The van der Waals surface area contributed by atoms with Gasteiger partial charge >= 0.3 is 0 Å². The highest BCUT2D eigenvalue weighted by Gasteiger charge is 2.37. The van der Waals surface area contributed by atoms with Gasteiger partial charge in [0.2, 0.25) is 0 Å². The Hall–Kier alpha value is -0.930. The van der Waals surface area contributed by atoms with E-state index in [1.165, 1.54) is 18.9 Å². The van der Waals surface area contributed by atoms with Crippen molar-refractivity contribution in [3.8, 4) is 0 Å². The van der Waals surface area contributed by atoms with Crippen LogP contribution in [0, 0.1) is 11.7 Å². The van der Waals surface area contributed by atoms with Gasteiger partial charge in [0.25, 0.3) is 0 Å². The Morgan fingerprint density at radius 1 is 1.39 bits per heavy atom. The van der Waals surface area contributed by atoms with Gasteiger partial charge in [-0.25, -0.2) is 4.39 Å². The molecule has 1 aromatic rings. The average Bonchev–Trinajstić information content (AvgIpc) is 3.18. The third kappa shape index (κ3) is 3.30. The van der Waals surface area contributed by atoms with E-state index in [9.17, 15) is 4.39 Å². The minimum atomic E-state index is -0.179. The summed E-state index contributed by atoms with van der Waals surface area (Å²) in [5.74, 6) is 0.443. The molecule has 0 aromatic heterocycles. The maximum absolute atomic E-state index is 13.4. The third-order valence-electron chi connectivity index (χ3n) is 3.41. The molecule has 1 aliphatic carbocycles. The van der Waals surface area contributed by atoms with Crippen LogP contribution in [0.25, 0.3) is 0 Å². The molecule has 2 nitrogen and oxygen atoms in total. The molecule has 3 heteroatoms. The zero-order valence-electron chi connectivity index (χ0n) is 11.2. The molecule has 2 rings (SSSR count). The first kappa shape index (κ1) is 13.5. The molecule has 0 heterocycles. The zero-order valence-corrected chi connectivity index (χ0v) is 11.2. The van der Waals surface area contributed by atoms with Crippen molar-refractivity contribution in [3.05, 3.63) is 35.6 Å². The van der Waals surface area contributed by atoms with Crippen molar-refractivity contribution < 1.29 is 9.13 Å². The summed E-state index contributed by atoms with van der Waals surface area (Å²) in [4.78, 5) is 0. The fraction of sp³-hybridized carbons (Fsp3) is 0.600. The molecule has 0 saturated heterocycles. The van der Waals surface area contributed by atoms with E-state index in [0.717, 1.165) is 12.1 Å². The van der Waals surface area contributed by atoms with E-state index >= 15 is 0 Å². The average molecular weight is 251 g/mol. The van der Waals surface area contributed by atoms with Gasteiger partial charge in [0, 0.05) is 6.61 Å². The van der Waals surface area contributed by atoms with E-state index in [1.54, 1.807) is 12.1 Å². The second-order valence-electron chi connectivity index (χ2n) is 4.85. The number of ether oxygens (including phenoxy) is 1. The number of likely N-dealkylation sites (N-methyl/N-ethyl adjacent to an activating group) is 1. The number of nitrogens with one attached hydrogen (secondary N) is 1. The van der Waals surface area contributed by atoms with Crippen molar-refractivity contribution in [3.63, 3.8) is 0 Å². The van der Waals surface area contributed by atoms with Crippen molar-refractivity contribution in [1.82, 2.24) is 5.32 Å². The standard InChI is InChI=1S/C15H22FNO/c1-3-17-14(12-6-5-7-13(16)10-12)15(18-4-2)11-8-9-11/h5-7,10-11,14-15,17H,3-4,8-9H2,1-2H3. The predicted molar refractivity (Wildman–Crippen MR) is 71.0 cm³/mol. The molecule has 0 radical (unpaired) electrons. The van der Waals surface area contributed by atoms with Crippen LogP contribution in [0.3, 0.4) is 0 Å². The summed E-state index contributed by atoms with van der Waals surface area (Å²) >= 11 is 0. The molecule has 0 amide bonds. The van der Waals surface area contributed by atoms with E-state index < -0.39 is 0 Å². The molecule has 1 N–H and O–H groups in total. The minimum absolute atomic E-state index is 0.0955. The lowest BCUT2D eigenvalue weighted by Crippen LogP contribution is -2.35. The quantitative estimate of drug-likeness (QED) is 0.803. The molecule has 1 aromatic carbocycles. The van der Waals surface area contributed by atoms with Crippen LogP contribution in [0.15, 0.2) is 24.3 Å². The largest absolute Gasteiger partial charge is 0.376 e. The molecule has 0 aliphatic heterocycles. The Kier molecular flexibility index (Phi) is 4.72. The Labute approximate surface area is 109 Å². The van der Waals surface area contributed by atoms with Crippen LogP contribution in [-0.2, 0) is 4.74 Å². The number of hydrogen-bond donors (Lipinski definition) is 1. The SMILES string of the molecule is CCNC(c1cccc(F)c1)C(OCC)C1CC1. The lowest BCUT2D eigenvalue weighted by Gasteiger charge is -2.28. The maximum atomic E-state index is 13.4. The summed E-state index contributed by atoms with van der Waals surface area (Å²) in [7, 11) is 0. The minimum Gasteiger partial charge on any atom is -0.376 e. The van der Waals surface area contributed by atoms with E-state index in [1.807, 2.05) is 13.0 Å². The van der Waals surface area contributed by atoms with E-state index in [4.69, 9.17) is 4.74 Å². The van der Waals surface area contributed by atoms with Gasteiger partial charge in [-0.2, -0.15) is 0 Å². The van der Waals surface area contributed by atoms with Crippen molar-refractivity contribution in [1.29, 1.82) is 0 Å². The number of hydrogen-bond acceptors (Lipinski definition) is 2. The van der Waals surface area contributed by atoms with Crippen molar-refractivity contribution in [2.45, 2.75) is 38.8 Å². The molecule has 1 aliphatic rings. The predicted octanol–water partition coefficient (Wildman–Crippen LogP) is 3.29. The zero-order chi connectivity index (χ0) is 13.0. The second-order valence-corrected chi connectivity index (χ2v) is 4.85. The Morgan fingerprint density at radius 3 is 2.72 bits per heavy atom. The third-order valence-corrected chi connectivity index (χ3v) is 3.41. The number of benzene rings is 1. The molecular weight excluding hydrogens is 229 g/mol. The van der Waals surface area contributed by atoms with E-state index in [-0.39, 0.29) is 18.0 Å². The first-order chi connectivity index (χ1) is 8.76. The highest BCUT2D eigenvalue weighted by Crippen LogP contribution is 2.40. The van der Waals surface area contributed by atoms with Crippen LogP contribution in [0.1, 0.15) is 38.3 Å². The van der Waals surface area contributed by atoms with Gasteiger partial charge in [0.15, 0.2) is 0 Å². The van der Waals surface area contributed by atoms with Gasteiger partial charge in [-0.05, 0) is 49.9 Å². The van der Waals surface area contributed by atoms with Crippen LogP contribution < -0.4 is 5.32 Å². The summed E-state index contributed by atoms with van der Waals surface area (Å²) in [6, 6.07) is 6.94. The monoisotopic (exact) mass is 251 g/mol. The smallest absolute Gasteiger partial charge is 0.123 e. The summed E-state index contributed by atoms with van der Waals surface area (Å²) in [6.07, 6.45) is 2.61. The molecule has 1 fully saturated rings. The van der Waals surface area contributed by atoms with Gasteiger partial charge in [-0.1, -0.05) is 19.1 Å². The highest BCUT2D eigenvalue weighted by molar-refractivity contribution is 5.22. The van der Waals surface area contributed by atoms with Crippen LogP contribution >= 0.6 is 0 Å². The maximum Gasteiger partial charge on any atom is 0.123 e. The summed E-state index contributed by atoms with van der Waals surface area (Å²) in [5, 5.41) is 3.44. The molecule has 18 heavy (non-hydrogen) atoms. The summed E-state index contributed by atoms with van der Waals surface area (Å²) in [5.41, 5.74) is 0.988.